The molecule has 0 atom stereocenters. The van der Waals surface area contributed by atoms with Crippen molar-refractivity contribution in [2.75, 3.05) is 6.79 Å². The maximum atomic E-state index is 11.9. The molecule has 0 saturated carbocycles. The van der Waals surface area contributed by atoms with Crippen LogP contribution in [-0.2, 0) is 7.05 Å². The van der Waals surface area contributed by atoms with E-state index >= 15 is 0 Å². The summed E-state index contributed by atoms with van der Waals surface area (Å²) in [4.78, 5) is 11.9. The molecule has 0 saturated heterocycles. The first-order chi connectivity index (χ1) is 9.74. The Labute approximate surface area is 115 Å². The number of nitrogens with one attached hydrogen (secondary N) is 1. The third-order valence-electron chi connectivity index (χ3n) is 2.98. The van der Waals surface area contributed by atoms with Crippen LogP contribution >= 0.6 is 0 Å². The molecule has 1 aromatic heterocycles. The minimum absolute atomic E-state index is 0.187. The second kappa shape index (κ2) is 5.08. The maximum Gasteiger partial charge on any atom is 0.271 e. The number of hydrogen-bond donors (Lipinski definition) is 1. The molecule has 2 heterocycles. The highest BCUT2D eigenvalue weighted by Crippen LogP contribution is 2.32. The molecular weight excluding hydrogens is 258 g/mol. The zero-order valence-corrected chi connectivity index (χ0v) is 10.9. The predicted molar refractivity (Wildman–Crippen MR) is 73.0 cm³/mol. The van der Waals surface area contributed by atoms with Crippen LogP contribution in [0.5, 0.6) is 11.5 Å². The Morgan fingerprint density at radius 3 is 3.00 bits per heavy atom. The van der Waals surface area contributed by atoms with Crippen LogP contribution in [-0.4, -0.2) is 23.5 Å². The zero-order valence-electron chi connectivity index (χ0n) is 10.9. The second-order valence-electron chi connectivity index (χ2n) is 4.31. The van der Waals surface area contributed by atoms with Gasteiger partial charge in [0.2, 0.25) is 6.79 Å². The Morgan fingerprint density at radius 1 is 1.35 bits per heavy atom. The van der Waals surface area contributed by atoms with Crippen molar-refractivity contribution in [1.82, 2.24) is 9.99 Å². The molecule has 6 heteroatoms. The molecule has 0 fully saturated rings. The van der Waals surface area contributed by atoms with Crippen LogP contribution in [0.4, 0.5) is 0 Å². The van der Waals surface area contributed by atoms with Crippen molar-refractivity contribution in [3.8, 4) is 11.5 Å². The van der Waals surface area contributed by atoms with E-state index in [-0.39, 0.29) is 12.7 Å². The van der Waals surface area contributed by atoms with Gasteiger partial charge in [0.15, 0.2) is 11.5 Å². The molecule has 1 amide bonds. The van der Waals surface area contributed by atoms with E-state index in [1.807, 2.05) is 29.9 Å². The van der Waals surface area contributed by atoms with Crippen molar-refractivity contribution in [2.24, 2.45) is 12.1 Å². The van der Waals surface area contributed by atoms with E-state index in [2.05, 4.69) is 10.5 Å². The van der Waals surface area contributed by atoms with Crippen LogP contribution in [0, 0.1) is 0 Å². The monoisotopic (exact) mass is 271 g/mol. The lowest BCUT2D eigenvalue weighted by molar-refractivity contribution is 0.0954. The molecule has 20 heavy (non-hydrogen) atoms. The highest BCUT2D eigenvalue weighted by atomic mass is 16.7. The molecule has 1 N–H and O–H groups in total. The fourth-order valence-corrected chi connectivity index (χ4v) is 1.87. The lowest BCUT2D eigenvalue weighted by Gasteiger charge is -2.01. The van der Waals surface area contributed by atoms with Crippen molar-refractivity contribution in [1.29, 1.82) is 0 Å². The van der Waals surface area contributed by atoms with Crippen LogP contribution in [0.15, 0.2) is 41.6 Å². The zero-order chi connectivity index (χ0) is 13.9. The SMILES string of the molecule is Cn1cccc1/C=N/NC(=O)c1ccc2c(c1)OCO2. The van der Waals surface area contributed by atoms with Gasteiger partial charge in [-0.05, 0) is 30.3 Å². The molecule has 0 radical (unpaired) electrons. The van der Waals surface area contributed by atoms with Gasteiger partial charge in [-0.15, -0.1) is 0 Å². The minimum Gasteiger partial charge on any atom is -0.454 e. The number of carbonyl (C=O) groups is 1. The van der Waals surface area contributed by atoms with Crippen molar-refractivity contribution >= 4 is 12.1 Å². The quantitative estimate of drug-likeness (QED) is 0.680. The fourth-order valence-electron chi connectivity index (χ4n) is 1.87. The lowest BCUT2D eigenvalue weighted by Crippen LogP contribution is -2.17. The molecule has 0 bridgehead atoms. The van der Waals surface area contributed by atoms with Gasteiger partial charge < -0.3 is 14.0 Å². The summed E-state index contributed by atoms with van der Waals surface area (Å²) in [5.41, 5.74) is 3.85. The van der Waals surface area contributed by atoms with Crippen LogP contribution in [0.3, 0.4) is 0 Å². The Hall–Kier alpha value is -2.76. The first kappa shape index (κ1) is 12.3. The van der Waals surface area contributed by atoms with E-state index in [0.717, 1.165) is 5.69 Å². The van der Waals surface area contributed by atoms with E-state index in [1.54, 1.807) is 24.4 Å². The predicted octanol–water partition coefficient (Wildman–Crippen LogP) is 1.52. The van der Waals surface area contributed by atoms with E-state index < -0.39 is 0 Å². The Morgan fingerprint density at radius 2 is 2.20 bits per heavy atom. The summed E-state index contributed by atoms with van der Waals surface area (Å²) in [7, 11) is 1.90. The van der Waals surface area contributed by atoms with Gasteiger partial charge >= 0.3 is 0 Å². The Bertz CT molecular complexity index is 676. The van der Waals surface area contributed by atoms with E-state index in [0.29, 0.717) is 17.1 Å². The molecule has 1 aliphatic heterocycles. The van der Waals surface area contributed by atoms with Gasteiger partial charge in [-0.1, -0.05) is 0 Å². The fraction of sp³-hybridized carbons (Fsp3) is 0.143. The number of aryl methyl sites for hydroxylation is 1. The first-order valence-corrected chi connectivity index (χ1v) is 6.08. The summed E-state index contributed by atoms with van der Waals surface area (Å²) in [5.74, 6) is 0.923. The normalized spacial score (nSPS) is 12.8. The molecule has 3 rings (SSSR count). The van der Waals surface area contributed by atoms with Crippen LogP contribution in [0.1, 0.15) is 16.1 Å². The highest BCUT2D eigenvalue weighted by Gasteiger charge is 2.15. The molecule has 102 valence electrons. The largest absolute Gasteiger partial charge is 0.454 e. The van der Waals surface area contributed by atoms with Crippen LogP contribution < -0.4 is 14.9 Å². The molecule has 0 aliphatic carbocycles. The van der Waals surface area contributed by atoms with Crippen molar-refractivity contribution in [3.63, 3.8) is 0 Å². The number of nitrogens with zero attached hydrogens (tertiary/aromatic N) is 2. The average molecular weight is 271 g/mol. The van der Waals surface area contributed by atoms with Crippen molar-refractivity contribution in [2.45, 2.75) is 0 Å². The van der Waals surface area contributed by atoms with Gasteiger partial charge in [0, 0.05) is 18.8 Å². The summed E-state index contributed by atoms with van der Waals surface area (Å²) < 4.78 is 12.3. The average Bonchev–Trinajstić information content (AvgIpc) is 3.07. The van der Waals surface area contributed by atoms with Gasteiger partial charge in [0.05, 0.1) is 11.9 Å². The summed E-state index contributed by atoms with van der Waals surface area (Å²) >= 11 is 0. The lowest BCUT2D eigenvalue weighted by atomic mass is 10.2. The summed E-state index contributed by atoms with van der Waals surface area (Å²) in [5, 5.41) is 3.93. The number of fused-ring (bicyclic) bond motifs is 1. The maximum absolute atomic E-state index is 11.9. The summed E-state index contributed by atoms with van der Waals surface area (Å²) in [6.45, 7) is 0.187. The minimum atomic E-state index is -0.297. The smallest absolute Gasteiger partial charge is 0.271 e. The summed E-state index contributed by atoms with van der Waals surface area (Å²) in [6.07, 6.45) is 3.49. The molecule has 0 unspecified atom stereocenters. The molecule has 1 aromatic carbocycles. The van der Waals surface area contributed by atoms with Crippen LogP contribution in [0.25, 0.3) is 0 Å². The molecule has 6 nitrogen and oxygen atoms in total. The number of carbonyl (C=O) groups excluding carboxylic acids is 1. The van der Waals surface area contributed by atoms with Gasteiger partial charge in [0.25, 0.3) is 5.91 Å². The second-order valence-corrected chi connectivity index (χ2v) is 4.31. The van der Waals surface area contributed by atoms with Gasteiger partial charge in [0.1, 0.15) is 0 Å². The number of ether oxygens (including phenoxy) is 2. The number of aromatic nitrogens is 1. The number of amides is 1. The van der Waals surface area contributed by atoms with Crippen molar-refractivity contribution in [3.05, 3.63) is 47.8 Å². The molecule has 1 aliphatic rings. The van der Waals surface area contributed by atoms with Crippen LogP contribution in [0.2, 0.25) is 0 Å². The van der Waals surface area contributed by atoms with Gasteiger partial charge in [-0.3, -0.25) is 4.79 Å². The standard InChI is InChI=1S/C14H13N3O3/c1-17-6-2-3-11(17)8-15-16-14(18)10-4-5-12-13(7-10)20-9-19-12/h2-8H,9H2,1H3,(H,16,18)/b15-8+. The molecule has 2 aromatic rings. The highest BCUT2D eigenvalue weighted by molar-refractivity contribution is 5.95. The van der Waals surface area contributed by atoms with Gasteiger partial charge in [-0.25, -0.2) is 5.43 Å². The number of hydrazone groups is 1. The first-order valence-electron chi connectivity index (χ1n) is 6.08. The van der Waals surface area contributed by atoms with E-state index in [9.17, 15) is 4.79 Å². The topological polar surface area (TPSA) is 64.9 Å². The third-order valence-corrected chi connectivity index (χ3v) is 2.98. The number of benzene rings is 1. The van der Waals surface area contributed by atoms with Gasteiger partial charge in [-0.2, -0.15) is 5.10 Å². The molecule has 0 spiro atoms. The number of hydrogen-bond acceptors (Lipinski definition) is 4. The van der Waals surface area contributed by atoms with E-state index in [4.69, 9.17) is 9.47 Å². The Kier molecular flexibility index (Phi) is 3.12. The van der Waals surface area contributed by atoms with Crippen molar-refractivity contribution < 1.29 is 14.3 Å². The number of rotatable bonds is 3. The van der Waals surface area contributed by atoms with E-state index in [1.165, 1.54) is 0 Å². The third kappa shape index (κ3) is 2.35. The molecular formula is C14H13N3O3. The Balaban J connectivity index is 1.68. The summed E-state index contributed by atoms with van der Waals surface area (Å²) in [6, 6.07) is 8.81.